The van der Waals surface area contributed by atoms with E-state index < -0.39 is 0 Å². The van der Waals surface area contributed by atoms with Gasteiger partial charge in [0.25, 0.3) is 0 Å². The maximum atomic E-state index is 12.1. The van der Waals surface area contributed by atoms with Crippen molar-refractivity contribution >= 4 is 5.91 Å². The van der Waals surface area contributed by atoms with Crippen molar-refractivity contribution < 1.29 is 9.53 Å². The summed E-state index contributed by atoms with van der Waals surface area (Å²) in [5.74, 6) is 0.965. The largest absolute Gasteiger partial charge is 0.380 e. The quantitative estimate of drug-likeness (QED) is 0.828. The highest BCUT2D eigenvalue weighted by Crippen LogP contribution is 2.27. The summed E-state index contributed by atoms with van der Waals surface area (Å²) >= 11 is 0. The molecule has 4 nitrogen and oxygen atoms in total. The van der Waals surface area contributed by atoms with Gasteiger partial charge in [-0.2, -0.15) is 0 Å². The number of hydrogen-bond acceptors (Lipinski definition) is 3. The molecular formula is C14H26N2O2. The summed E-state index contributed by atoms with van der Waals surface area (Å²) in [7, 11) is 1.72. The van der Waals surface area contributed by atoms with E-state index in [4.69, 9.17) is 10.5 Å². The molecule has 0 aromatic rings. The second-order valence-electron chi connectivity index (χ2n) is 5.82. The van der Waals surface area contributed by atoms with Gasteiger partial charge in [-0.15, -0.1) is 0 Å². The predicted molar refractivity (Wildman–Crippen MR) is 71.2 cm³/mol. The van der Waals surface area contributed by atoms with Gasteiger partial charge < -0.3 is 15.4 Å². The summed E-state index contributed by atoms with van der Waals surface area (Å²) in [5, 5.41) is 0. The van der Waals surface area contributed by atoms with E-state index in [0.717, 1.165) is 38.8 Å². The Morgan fingerprint density at radius 3 is 2.89 bits per heavy atom. The molecule has 104 valence electrons. The highest BCUT2D eigenvalue weighted by Gasteiger charge is 2.27. The van der Waals surface area contributed by atoms with Gasteiger partial charge in [-0.3, -0.25) is 4.79 Å². The van der Waals surface area contributed by atoms with Crippen molar-refractivity contribution in [2.45, 2.75) is 57.1 Å². The Bertz CT molecular complexity index is 283. The first-order chi connectivity index (χ1) is 8.69. The van der Waals surface area contributed by atoms with Crippen molar-refractivity contribution in [1.82, 2.24) is 4.90 Å². The van der Waals surface area contributed by atoms with Gasteiger partial charge in [0.15, 0.2) is 0 Å². The second kappa shape index (κ2) is 6.53. The molecule has 3 atom stereocenters. The average molecular weight is 254 g/mol. The lowest BCUT2D eigenvalue weighted by atomic mass is 9.83. The molecule has 1 saturated heterocycles. The van der Waals surface area contributed by atoms with Crippen LogP contribution in [0.4, 0.5) is 0 Å². The van der Waals surface area contributed by atoms with Gasteiger partial charge in [0, 0.05) is 32.7 Å². The molecule has 0 spiro atoms. The molecule has 4 heteroatoms. The third-order valence-electron chi connectivity index (χ3n) is 4.42. The van der Waals surface area contributed by atoms with Crippen LogP contribution in [0.2, 0.25) is 0 Å². The summed E-state index contributed by atoms with van der Waals surface area (Å²) < 4.78 is 5.29. The fourth-order valence-electron chi connectivity index (χ4n) is 3.23. The highest BCUT2D eigenvalue weighted by atomic mass is 16.5. The lowest BCUT2D eigenvalue weighted by Gasteiger charge is -2.27. The van der Waals surface area contributed by atoms with Crippen LogP contribution in [0, 0.1) is 5.92 Å². The lowest BCUT2D eigenvalue weighted by Crippen LogP contribution is -2.31. The van der Waals surface area contributed by atoms with Gasteiger partial charge in [0.05, 0.1) is 6.10 Å². The zero-order valence-corrected chi connectivity index (χ0v) is 11.4. The number of ether oxygens (including phenoxy) is 1. The lowest BCUT2D eigenvalue weighted by molar-refractivity contribution is -0.131. The van der Waals surface area contributed by atoms with E-state index in [9.17, 15) is 4.79 Å². The standard InChI is InChI=1S/C14H26N2O2/c1-18-13-7-8-16(10-13)14(17)6-5-11-3-2-4-12(15)9-11/h11-13H,2-10,15H2,1H3. The third-order valence-corrected chi connectivity index (χ3v) is 4.42. The Morgan fingerprint density at radius 2 is 2.22 bits per heavy atom. The highest BCUT2D eigenvalue weighted by molar-refractivity contribution is 5.76. The molecule has 0 aromatic heterocycles. The Kier molecular flexibility index (Phi) is 5.01. The fraction of sp³-hybridized carbons (Fsp3) is 0.929. The molecule has 2 rings (SSSR count). The van der Waals surface area contributed by atoms with E-state index in [-0.39, 0.29) is 6.10 Å². The van der Waals surface area contributed by atoms with E-state index in [1.165, 1.54) is 12.8 Å². The smallest absolute Gasteiger partial charge is 0.222 e. The van der Waals surface area contributed by atoms with E-state index in [0.29, 0.717) is 24.3 Å². The van der Waals surface area contributed by atoms with Crippen LogP contribution in [0.25, 0.3) is 0 Å². The first-order valence-corrected chi connectivity index (χ1v) is 7.25. The van der Waals surface area contributed by atoms with E-state index in [1.807, 2.05) is 4.90 Å². The van der Waals surface area contributed by atoms with Crippen LogP contribution in [0.1, 0.15) is 44.9 Å². The topological polar surface area (TPSA) is 55.6 Å². The van der Waals surface area contributed by atoms with Crippen molar-refractivity contribution in [2.24, 2.45) is 11.7 Å². The van der Waals surface area contributed by atoms with Gasteiger partial charge in [0.2, 0.25) is 5.91 Å². The molecule has 0 radical (unpaired) electrons. The van der Waals surface area contributed by atoms with Crippen LogP contribution in [-0.2, 0) is 9.53 Å². The first-order valence-electron chi connectivity index (χ1n) is 7.25. The maximum Gasteiger partial charge on any atom is 0.222 e. The van der Waals surface area contributed by atoms with Gasteiger partial charge >= 0.3 is 0 Å². The molecule has 1 aliphatic carbocycles. The van der Waals surface area contributed by atoms with Gasteiger partial charge in [-0.1, -0.05) is 12.8 Å². The van der Waals surface area contributed by atoms with Crippen molar-refractivity contribution in [3.63, 3.8) is 0 Å². The molecule has 18 heavy (non-hydrogen) atoms. The molecular weight excluding hydrogens is 228 g/mol. The summed E-state index contributed by atoms with van der Waals surface area (Å²) in [6.45, 7) is 1.64. The van der Waals surface area contributed by atoms with Crippen LogP contribution in [0.15, 0.2) is 0 Å². The summed E-state index contributed by atoms with van der Waals surface area (Å²) in [4.78, 5) is 14.0. The number of carbonyl (C=O) groups is 1. The Hall–Kier alpha value is -0.610. The molecule has 3 unspecified atom stereocenters. The number of amides is 1. The molecule has 2 fully saturated rings. The third kappa shape index (κ3) is 3.69. The summed E-state index contributed by atoms with van der Waals surface area (Å²) in [5.41, 5.74) is 5.98. The molecule has 1 saturated carbocycles. The second-order valence-corrected chi connectivity index (χ2v) is 5.82. The summed E-state index contributed by atoms with van der Waals surface area (Å²) in [6.07, 6.45) is 7.68. The molecule has 2 N–H and O–H groups in total. The number of hydrogen-bond donors (Lipinski definition) is 1. The minimum absolute atomic E-state index is 0.247. The Labute approximate surface area is 110 Å². The number of rotatable bonds is 4. The Balaban J connectivity index is 1.68. The van der Waals surface area contributed by atoms with Gasteiger partial charge in [-0.05, 0) is 31.6 Å². The minimum Gasteiger partial charge on any atom is -0.380 e. The molecule has 1 amide bonds. The average Bonchev–Trinajstić information content (AvgIpc) is 2.85. The van der Waals surface area contributed by atoms with Crippen LogP contribution >= 0.6 is 0 Å². The fourth-order valence-corrected chi connectivity index (χ4v) is 3.23. The SMILES string of the molecule is COC1CCN(C(=O)CCC2CCCC(N)C2)C1. The minimum atomic E-state index is 0.247. The number of methoxy groups -OCH3 is 1. The van der Waals surface area contributed by atoms with Crippen LogP contribution in [0.3, 0.4) is 0 Å². The number of carbonyl (C=O) groups excluding carboxylic acids is 1. The monoisotopic (exact) mass is 254 g/mol. The normalized spacial score (nSPS) is 32.8. The van der Waals surface area contributed by atoms with Crippen molar-refractivity contribution in [1.29, 1.82) is 0 Å². The molecule has 2 aliphatic rings. The van der Waals surface area contributed by atoms with Crippen molar-refractivity contribution in [2.75, 3.05) is 20.2 Å². The van der Waals surface area contributed by atoms with Crippen molar-refractivity contribution in [3.05, 3.63) is 0 Å². The van der Waals surface area contributed by atoms with Crippen molar-refractivity contribution in [3.8, 4) is 0 Å². The molecule has 0 aromatic carbocycles. The zero-order valence-electron chi connectivity index (χ0n) is 11.4. The Morgan fingerprint density at radius 1 is 1.39 bits per heavy atom. The van der Waals surface area contributed by atoms with E-state index in [1.54, 1.807) is 7.11 Å². The zero-order chi connectivity index (χ0) is 13.0. The van der Waals surface area contributed by atoms with Crippen LogP contribution < -0.4 is 5.73 Å². The molecule has 1 heterocycles. The molecule has 0 bridgehead atoms. The summed E-state index contributed by atoms with van der Waals surface area (Å²) in [6, 6.07) is 0.364. The van der Waals surface area contributed by atoms with Gasteiger partial charge in [0.1, 0.15) is 0 Å². The number of likely N-dealkylation sites (tertiary alicyclic amines) is 1. The van der Waals surface area contributed by atoms with E-state index in [2.05, 4.69) is 0 Å². The van der Waals surface area contributed by atoms with Crippen LogP contribution in [-0.4, -0.2) is 43.2 Å². The number of nitrogens with two attached hydrogens (primary N) is 1. The predicted octanol–water partition coefficient (Wildman–Crippen LogP) is 1.53. The van der Waals surface area contributed by atoms with Crippen LogP contribution in [0.5, 0.6) is 0 Å². The molecule has 1 aliphatic heterocycles. The van der Waals surface area contributed by atoms with Gasteiger partial charge in [-0.25, -0.2) is 0 Å². The first kappa shape index (κ1) is 13.8. The van der Waals surface area contributed by atoms with E-state index >= 15 is 0 Å². The number of nitrogens with zero attached hydrogens (tertiary/aromatic N) is 1. The maximum absolute atomic E-state index is 12.1.